The number of nitrogens with zero attached hydrogens (tertiary/aromatic N) is 3. The monoisotopic (exact) mass is 236 g/mol. The minimum absolute atomic E-state index is 0.184. The number of nitrogen functional groups attached to an aromatic ring is 1. The van der Waals surface area contributed by atoms with Gasteiger partial charge in [0.05, 0.1) is 11.1 Å². The van der Waals surface area contributed by atoms with E-state index in [9.17, 15) is 0 Å². The van der Waals surface area contributed by atoms with Crippen molar-refractivity contribution in [3.05, 3.63) is 29.3 Å². The molecule has 0 fully saturated rings. The van der Waals surface area contributed by atoms with Gasteiger partial charge in [0.2, 0.25) is 0 Å². The number of benzene rings is 1. The van der Waals surface area contributed by atoms with Crippen LogP contribution in [0.1, 0.15) is 19.9 Å². The molecule has 0 aliphatic rings. The second-order valence-corrected chi connectivity index (χ2v) is 4.25. The molecule has 0 amide bonds. The molecule has 0 bridgehead atoms. The lowest BCUT2D eigenvalue weighted by atomic mass is 10.1. The molecule has 0 atom stereocenters. The van der Waals surface area contributed by atoms with Crippen LogP contribution in [0.4, 0.5) is 5.82 Å². The van der Waals surface area contributed by atoms with E-state index in [1.54, 1.807) is 4.68 Å². The molecular formula is C11H13ClN4. The van der Waals surface area contributed by atoms with E-state index in [4.69, 9.17) is 17.3 Å². The molecule has 0 aliphatic carbocycles. The largest absolute Gasteiger partial charge is 0.382 e. The first-order valence-electron chi connectivity index (χ1n) is 5.07. The summed E-state index contributed by atoms with van der Waals surface area (Å²) in [4.78, 5) is 0. The third kappa shape index (κ3) is 1.76. The minimum atomic E-state index is 0.184. The van der Waals surface area contributed by atoms with E-state index in [-0.39, 0.29) is 6.04 Å². The smallest absolute Gasteiger partial charge is 0.150 e. The predicted molar refractivity (Wildman–Crippen MR) is 65.3 cm³/mol. The topological polar surface area (TPSA) is 56.7 Å². The van der Waals surface area contributed by atoms with E-state index < -0.39 is 0 Å². The van der Waals surface area contributed by atoms with Crippen LogP contribution >= 0.6 is 11.6 Å². The van der Waals surface area contributed by atoms with E-state index in [0.29, 0.717) is 16.5 Å². The third-order valence-electron chi connectivity index (χ3n) is 2.35. The summed E-state index contributed by atoms with van der Waals surface area (Å²) in [7, 11) is 0. The van der Waals surface area contributed by atoms with E-state index in [1.807, 2.05) is 38.1 Å². The molecule has 2 rings (SSSR count). The zero-order chi connectivity index (χ0) is 11.7. The van der Waals surface area contributed by atoms with Crippen LogP contribution in [0.25, 0.3) is 11.3 Å². The van der Waals surface area contributed by atoms with Gasteiger partial charge in [-0.3, -0.25) is 0 Å². The van der Waals surface area contributed by atoms with E-state index in [2.05, 4.69) is 10.3 Å². The normalized spacial score (nSPS) is 11.0. The van der Waals surface area contributed by atoms with Crippen molar-refractivity contribution in [3.8, 4) is 11.3 Å². The first-order chi connectivity index (χ1) is 7.61. The fraction of sp³-hybridized carbons (Fsp3) is 0.273. The van der Waals surface area contributed by atoms with Gasteiger partial charge >= 0.3 is 0 Å². The van der Waals surface area contributed by atoms with Gasteiger partial charge in [-0.25, -0.2) is 4.68 Å². The molecule has 0 saturated carbocycles. The zero-order valence-corrected chi connectivity index (χ0v) is 9.94. The number of hydrogen-bond donors (Lipinski definition) is 1. The maximum atomic E-state index is 6.09. The Hall–Kier alpha value is -1.55. The SMILES string of the molecule is CC(C)n1nnc(-c2ccccc2Cl)c1N. The van der Waals surface area contributed by atoms with Crippen molar-refractivity contribution in [2.45, 2.75) is 19.9 Å². The molecule has 0 saturated heterocycles. The van der Waals surface area contributed by atoms with Crippen LogP contribution in [-0.4, -0.2) is 15.0 Å². The van der Waals surface area contributed by atoms with Crippen molar-refractivity contribution in [2.24, 2.45) is 0 Å². The predicted octanol–water partition coefficient (Wildman–Crippen LogP) is 2.76. The minimum Gasteiger partial charge on any atom is -0.382 e. The average Bonchev–Trinajstić information content (AvgIpc) is 2.61. The maximum Gasteiger partial charge on any atom is 0.150 e. The number of rotatable bonds is 2. The Morgan fingerprint density at radius 2 is 2.00 bits per heavy atom. The number of halogens is 1. The Labute approximate surface area is 99.0 Å². The molecule has 1 aromatic heterocycles. The fourth-order valence-corrected chi connectivity index (χ4v) is 1.75. The standard InChI is InChI=1S/C11H13ClN4/c1-7(2)16-11(13)10(14-15-16)8-5-3-4-6-9(8)12/h3-7H,13H2,1-2H3. The van der Waals surface area contributed by atoms with Gasteiger partial charge in [-0.2, -0.15) is 0 Å². The third-order valence-corrected chi connectivity index (χ3v) is 2.68. The molecule has 0 unspecified atom stereocenters. The number of nitrogens with two attached hydrogens (primary N) is 1. The Bertz CT molecular complexity index is 504. The Morgan fingerprint density at radius 3 is 2.56 bits per heavy atom. The summed E-state index contributed by atoms with van der Waals surface area (Å²) in [6.45, 7) is 4.00. The summed E-state index contributed by atoms with van der Waals surface area (Å²) in [5.41, 5.74) is 7.44. The van der Waals surface area contributed by atoms with Crippen molar-refractivity contribution >= 4 is 17.4 Å². The van der Waals surface area contributed by atoms with E-state index >= 15 is 0 Å². The summed E-state index contributed by atoms with van der Waals surface area (Å²) in [5, 5.41) is 8.72. The summed E-state index contributed by atoms with van der Waals surface area (Å²) in [6, 6.07) is 7.64. The number of aromatic nitrogens is 3. The van der Waals surface area contributed by atoms with Gasteiger partial charge in [0.15, 0.2) is 5.82 Å². The lowest BCUT2D eigenvalue weighted by Crippen LogP contribution is -2.07. The number of anilines is 1. The van der Waals surface area contributed by atoms with Crippen molar-refractivity contribution in [1.82, 2.24) is 15.0 Å². The molecule has 4 nitrogen and oxygen atoms in total. The van der Waals surface area contributed by atoms with Gasteiger partial charge in [-0.1, -0.05) is 35.0 Å². The quantitative estimate of drug-likeness (QED) is 0.872. The van der Waals surface area contributed by atoms with E-state index in [1.165, 1.54) is 0 Å². The van der Waals surface area contributed by atoms with Crippen molar-refractivity contribution in [2.75, 3.05) is 5.73 Å². The van der Waals surface area contributed by atoms with Crippen molar-refractivity contribution in [1.29, 1.82) is 0 Å². The molecule has 0 spiro atoms. The summed E-state index contributed by atoms with van der Waals surface area (Å²) >= 11 is 6.09. The lowest BCUT2D eigenvalue weighted by molar-refractivity contribution is 0.521. The highest BCUT2D eigenvalue weighted by Crippen LogP contribution is 2.30. The summed E-state index contributed by atoms with van der Waals surface area (Å²) < 4.78 is 1.68. The van der Waals surface area contributed by atoms with Crippen molar-refractivity contribution in [3.63, 3.8) is 0 Å². The van der Waals surface area contributed by atoms with Crippen LogP contribution < -0.4 is 5.73 Å². The van der Waals surface area contributed by atoms with Gasteiger partial charge in [0.1, 0.15) is 5.69 Å². The molecular weight excluding hydrogens is 224 g/mol. The first kappa shape index (κ1) is 11.0. The molecule has 5 heteroatoms. The van der Waals surface area contributed by atoms with Crippen LogP contribution in [0, 0.1) is 0 Å². The summed E-state index contributed by atoms with van der Waals surface area (Å²) in [6.07, 6.45) is 0. The molecule has 1 heterocycles. The zero-order valence-electron chi connectivity index (χ0n) is 9.18. The van der Waals surface area contributed by atoms with Crippen molar-refractivity contribution < 1.29 is 0 Å². The second-order valence-electron chi connectivity index (χ2n) is 3.84. The Balaban J connectivity index is 2.54. The van der Waals surface area contributed by atoms with Gasteiger partial charge in [-0.05, 0) is 19.9 Å². The molecule has 2 aromatic rings. The maximum absolute atomic E-state index is 6.09. The Kier molecular flexibility index (Phi) is 2.83. The van der Waals surface area contributed by atoms with E-state index in [0.717, 1.165) is 5.56 Å². The second kappa shape index (κ2) is 4.14. The first-order valence-corrected chi connectivity index (χ1v) is 5.44. The van der Waals surface area contributed by atoms with Gasteiger partial charge in [0, 0.05) is 5.56 Å². The van der Waals surface area contributed by atoms with Gasteiger partial charge in [0.25, 0.3) is 0 Å². The fourth-order valence-electron chi connectivity index (χ4n) is 1.53. The Morgan fingerprint density at radius 1 is 1.31 bits per heavy atom. The molecule has 0 aliphatic heterocycles. The van der Waals surface area contributed by atoms with Crippen LogP contribution in [0.3, 0.4) is 0 Å². The average molecular weight is 237 g/mol. The molecule has 0 radical (unpaired) electrons. The highest BCUT2D eigenvalue weighted by atomic mass is 35.5. The van der Waals surface area contributed by atoms with Crippen LogP contribution in [-0.2, 0) is 0 Å². The van der Waals surface area contributed by atoms with Crippen LogP contribution in [0.5, 0.6) is 0 Å². The lowest BCUT2D eigenvalue weighted by Gasteiger charge is -2.06. The van der Waals surface area contributed by atoms with Gasteiger partial charge < -0.3 is 5.73 Å². The highest BCUT2D eigenvalue weighted by molar-refractivity contribution is 6.33. The highest BCUT2D eigenvalue weighted by Gasteiger charge is 2.15. The molecule has 1 aromatic carbocycles. The molecule has 16 heavy (non-hydrogen) atoms. The van der Waals surface area contributed by atoms with Crippen LogP contribution in [0.15, 0.2) is 24.3 Å². The summed E-state index contributed by atoms with van der Waals surface area (Å²) in [5.74, 6) is 0.545. The molecule has 84 valence electrons. The molecule has 2 N–H and O–H groups in total. The van der Waals surface area contributed by atoms with Crippen LogP contribution in [0.2, 0.25) is 5.02 Å². The number of hydrogen-bond acceptors (Lipinski definition) is 3. The van der Waals surface area contributed by atoms with Gasteiger partial charge in [-0.15, -0.1) is 5.10 Å².